The Labute approximate surface area is 122 Å². The average molecular weight is 268 g/mol. The Morgan fingerprint density at radius 3 is 2.30 bits per heavy atom. The third-order valence-corrected chi connectivity index (χ3v) is 3.56. The lowest BCUT2D eigenvalue weighted by atomic mass is 9.87. The molecule has 2 aromatic rings. The molecule has 0 bridgehead atoms. The fourth-order valence-electron chi connectivity index (χ4n) is 2.15. The smallest absolute Gasteiger partial charge is 0.0570 e. The summed E-state index contributed by atoms with van der Waals surface area (Å²) in [7, 11) is 0. The van der Waals surface area contributed by atoms with Crippen LogP contribution in [-0.4, -0.2) is 4.98 Å². The van der Waals surface area contributed by atoms with E-state index in [2.05, 4.69) is 68.3 Å². The summed E-state index contributed by atoms with van der Waals surface area (Å²) in [5.74, 6) is 0. The molecule has 20 heavy (non-hydrogen) atoms. The van der Waals surface area contributed by atoms with Crippen molar-refractivity contribution in [2.24, 2.45) is 0 Å². The Kier molecular flexibility index (Phi) is 4.56. The zero-order valence-electron chi connectivity index (χ0n) is 12.9. The van der Waals surface area contributed by atoms with E-state index in [-0.39, 0.29) is 5.41 Å². The fourth-order valence-corrected chi connectivity index (χ4v) is 2.15. The van der Waals surface area contributed by atoms with Crippen LogP contribution in [0.5, 0.6) is 0 Å². The van der Waals surface area contributed by atoms with Crippen molar-refractivity contribution in [3.05, 3.63) is 65.0 Å². The van der Waals surface area contributed by atoms with E-state index in [0.29, 0.717) is 0 Å². The van der Waals surface area contributed by atoms with Crippen LogP contribution in [0, 0.1) is 6.92 Å². The molecule has 0 atom stereocenters. The number of nitrogens with zero attached hydrogens (tertiary/aromatic N) is 1. The predicted octanol–water partition coefficient (Wildman–Crippen LogP) is 3.98. The van der Waals surface area contributed by atoms with Crippen molar-refractivity contribution < 1.29 is 0 Å². The molecule has 0 spiro atoms. The zero-order chi connectivity index (χ0) is 14.6. The van der Waals surface area contributed by atoms with Crippen LogP contribution in [0.3, 0.4) is 0 Å². The number of nitrogens with one attached hydrogen (secondary N) is 1. The summed E-state index contributed by atoms with van der Waals surface area (Å²) in [6.07, 6.45) is 1.85. The van der Waals surface area contributed by atoms with E-state index in [1.807, 2.05) is 12.3 Å². The first-order valence-corrected chi connectivity index (χ1v) is 7.17. The predicted molar refractivity (Wildman–Crippen MR) is 84.7 cm³/mol. The molecule has 1 heterocycles. The van der Waals surface area contributed by atoms with Crippen molar-refractivity contribution in [3.63, 3.8) is 0 Å². The highest BCUT2D eigenvalue weighted by Gasteiger charge is 2.12. The lowest BCUT2D eigenvalue weighted by Crippen LogP contribution is -2.15. The molecule has 2 rings (SSSR count). The first-order valence-electron chi connectivity index (χ1n) is 7.17. The Morgan fingerprint density at radius 2 is 1.70 bits per heavy atom. The number of pyridine rings is 1. The van der Waals surface area contributed by atoms with Gasteiger partial charge in [-0.2, -0.15) is 0 Å². The minimum atomic E-state index is 0.219. The molecule has 0 radical (unpaired) electrons. The van der Waals surface area contributed by atoms with E-state index in [1.54, 1.807) is 0 Å². The third kappa shape index (κ3) is 3.91. The molecule has 0 aliphatic carbocycles. The van der Waals surface area contributed by atoms with Crippen LogP contribution in [0.2, 0.25) is 0 Å². The average Bonchev–Trinajstić information content (AvgIpc) is 2.40. The SMILES string of the molecule is Cc1cccnc1CNCc1ccc(C(C)(C)C)cc1. The highest BCUT2D eigenvalue weighted by molar-refractivity contribution is 5.27. The molecule has 2 heteroatoms. The molecule has 0 saturated heterocycles. The van der Waals surface area contributed by atoms with Gasteiger partial charge in [0, 0.05) is 19.3 Å². The normalized spacial score (nSPS) is 11.6. The molecular weight excluding hydrogens is 244 g/mol. The molecule has 0 amide bonds. The van der Waals surface area contributed by atoms with E-state index >= 15 is 0 Å². The minimum absolute atomic E-state index is 0.219. The van der Waals surface area contributed by atoms with E-state index < -0.39 is 0 Å². The maximum atomic E-state index is 4.39. The zero-order valence-corrected chi connectivity index (χ0v) is 12.9. The molecule has 1 aromatic carbocycles. The van der Waals surface area contributed by atoms with Crippen molar-refractivity contribution in [2.75, 3.05) is 0 Å². The molecule has 106 valence electrons. The quantitative estimate of drug-likeness (QED) is 0.907. The molecule has 1 aromatic heterocycles. The molecule has 1 N–H and O–H groups in total. The van der Waals surface area contributed by atoms with Gasteiger partial charge < -0.3 is 5.32 Å². The summed E-state index contributed by atoms with van der Waals surface area (Å²) >= 11 is 0. The third-order valence-electron chi connectivity index (χ3n) is 3.56. The Morgan fingerprint density at radius 1 is 1.00 bits per heavy atom. The Hall–Kier alpha value is -1.67. The van der Waals surface area contributed by atoms with Gasteiger partial charge in [-0.25, -0.2) is 0 Å². The van der Waals surface area contributed by atoms with Gasteiger partial charge in [0.15, 0.2) is 0 Å². The van der Waals surface area contributed by atoms with Gasteiger partial charge in [0.1, 0.15) is 0 Å². The van der Waals surface area contributed by atoms with Gasteiger partial charge in [0.2, 0.25) is 0 Å². The summed E-state index contributed by atoms with van der Waals surface area (Å²) in [6.45, 7) is 10.5. The summed E-state index contributed by atoms with van der Waals surface area (Å²) in [5.41, 5.74) is 5.27. The number of hydrogen-bond acceptors (Lipinski definition) is 2. The second kappa shape index (κ2) is 6.19. The van der Waals surface area contributed by atoms with Gasteiger partial charge in [-0.15, -0.1) is 0 Å². The summed E-state index contributed by atoms with van der Waals surface area (Å²) in [6, 6.07) is 12.9. The Bertz CT molecular complexity index is 550. The number of hydrogen-bond donors (Lipinski definition) is 1. The first kappa shape index (κ1) is 14.7. The van der Waals surface area contributed by atoms with Crippen LogP contribution in [0.15, 0.2) is 42.6 Å². The summed E-state index contributed by atoms with van der Waals surface area (Å²) in [5, 5.41) is 3.45. The number of benzene rings is 1. The fraction of sp³-hybridized carbons (Fsp3) is 0.389. The monoisotopic (exact) mass is 268 g/mol. The van der Waals surface area contributed by atoms with Crippen molar-refractivity contribution in [3.8, 4) is 0 Å². The van der Waals surface area contributed by atoms with Crippen molar-refractivity contribution >= 4 is 0 Å². The van der Waals surface area contributed by atoms with Gasteiger partial charge in [-0.3, -0.25) is 4.98 Å². The lowest BCUT2D eigenvalue weighted by Gasteiger charge is -2.19. The molecule has 0 aliphatic rings. The van der Waals surface area contributed by atoms with Crippen LogP contribution < -0.4 is 5.32 Å². The molecule has 0 saturated carbocycles. The molecular formula is C18H24N2. The molecule has 0 fully saturated rings. The van der Waals surface area contributed by atoms with Crippen LogP contribution in [0.4, 0.5) is 0 Å². The van der Waals surface area contributed by atoms with Crippen LogP contribution in [0.1, 0.15) is 43.2 Å². The molecule has 0 unspecified atom stereocenters. The summed E-state index contributed by atoms with van der Waals surface area (Å²) < 4.78 is 0. The van der Waals surface area contributed by atoms with Gasteiger partial charge >= 0.3 is 0 Å². The Balaban J connectivity index is 1.90. The van der Waals surface area contributed by atoms with Gasteiger partial charge in [0.25, 0.3) is 0 Å². The van der Waals surface area contributed by atoms with E-state index in [0.717, 1.165) is 18.8 Å². The van der Waals surface area contributed by atoms with E-state index in [9.17, 15) is 0 Å². The largest absolute Gasteiger partial charge is 0.307 e. The van der Waals surface area contributed by atoms with E-state index in [4.69, 9.17) is 0 Å². The maximum Gasteiger partial charge on any atom is 0.0570 e. The standard InChI is InChI=1S/C18H24N2/c1-14-6-5-11-20-17(14)13-19-12-15-7-9-16(10-8-15)18(2,3)4/h5-11,19H,12-13H2,1-4H3. The summed E-state index contributed by atoms with van der Waals surface area (Å²) in [4.78, 5) is 4.39. The number of aromatic nitrogens is 1. The van der Waals surface area contributed by atoms with Gasteiger partial charge in [0.05, 0.1) is 5.69 Å². The van der Waals surface area contributed by atoms with Crippen molar-refractivity contribution in [2.45, 2.75) is 46.2 Å². The van der Waals surface area contributed by atoms with Crippen LogP contribution in [0.25, 0.3) is 0 Å². The highest BCUT2D eigenvalue weighted by Crippen LogP contribution is 2.22. The van der Waals surface area contributed by atoms with Crippen LogP contribution in [-0.2, 0) is 18.5 Å². The van der Waals surface area contributed by atoms with Gasteiger partial charge in [-0.1, -0.05) is 51.1 Å². The van der Waals surface area contributed by atoms with Crippen molar-refractivity contribution in [1.29, 1.82) is 0 Å². The first-order chi connectivity index (χ1) is 9.47. The number of rotatable bonds is 4. The molecule has 2 nitrogen and oxygen atoms in total. The highest BCUT2D eigenvalue weighted by atomic mass is 14.9. The second-order valence-corrected chi connectivity index (χ2v) is 6.32. The van der Waals surface area contributed by atoms with E-state index in [1.165, 1.54) is 16.7 Å². The maximum absolute atomic E-state index is 4.39. The number of aryl methyl sites for hydroxylation is 1. The van der Waals surface area contributed by atoms with Crippen molar-refractivity contribution in [1.82, 2.24) is 10.3 Å². The minimum Gasteiger partial charge on any atom is -0.307 e. The second-order valence-electron chi connectivity index (χ2n) is 6.32. The topological polar surface area (TPSA) is 24.9 Å². The molecule has 0 aliphatic heterocycles. The lowest BCUT2D eigenvalue weighted by molar-refractivity contribution is 0.589. The van der Waals surface area contributed by atoms with Crippen LogP contribution >= 0.6 is 0 Å². The van der Waals surface area contributed by atoms with Gasteiger partial charge in [-0.05, 0) is 35.1 Å².